The summed E-state index contributed by atoms with van der Waals surface area (Å²) in [5.41, 5.74) is 1.88. The number of carbonyl (C=O) groups excluding carboxylic acids is 1. The molecule has 5 rings (SSSR count). The number of hydrogen-bond acceptors (Lipinski definition) is 5. The molecule has 3 aliphatic heterocycles. The third-order valence-electron chi connectivity index (χ3n) is 8.80. The van der Waals surface area contributed by atoms with Gasteiger partial charge in [-0.2, -0.15) is 0 Å². The number of hydrogen-bond donors (Lipinski definition) is 0. The van der Waals surface area contributed by atoms with E-state index in [9.17, 15) is 4.79 Å². The number of ether oxygens (including phenoxy) is 2. The van der Waals surface area contributed by atoms with E-state index in [1.54, 1.807) is 7.11 Å². The third kappa shape index (κ3) is 7.17. The maximum atomic E-state index is 14.6. The second-order valence-corrected chi connectivity index (χ2v) is 11.9. The number of amides is 2. The number of benzene rings is 2. The molecule has 7 nitrogen and oxygen atoms in total. The van der Waals surface area contributed by atoms with Crippen LogP contribution >= 0.6 is 24.0 Å². The van der Waals surface area contributed by atoms with Crippen molar-refractivity contribution in [2.75, 3.05) is 39.9 Å². The van der Waals surface area contributed by atoms with E-state index in [0.29, 0.717) is 35.0 Å². The Balaban J connectivity index is 0.00000405. The van der Waals surface area contributed by atoms with Crippen molar-refractivity contribution in [1.82, 2.24) is 14.7 Å². The second-order valence-electron chi connectivity index (χ2n) is 11.4. The van der Waals surface area contributed by atoms with Crippen LogP contribution < -0.4 is 9.47 Å². The molecule has 230 valence electrons. The number of piperidine rings is 1. The van der Waals surface area contributed by atoms with Crippen molar-refractivity contribution in [2.24, 2.45) is 4.99 Å². The van der Waals surface area contributed by atoms with E-state index < -0.39 is 0 Å². The van der Waals surface area contributed by atoms with Crippen LogP contribution in [-0.4, -0.2) is 78.5 Å². The second kappa shape index (κ2) is 15.3. The summed E-state index contributed by atoms with van der Waals surface area (Å²) in [5.74, 6) is 2.08. The number of aliphatic imine (C=N–C) groups is 1. The summed E-state index contributed by atoms with van der Waals surface area (Å²) in [6, 6.07) is 14.1. The van der Waals surface area contributed by atoms with Crippen molar-refractivity contribution in [1.29, 1.82) is 0 Å². The monoisotopic (exact) mass is 616 g/mol. The van der Waals surface area contributed by atoms with Gasteiger partial charge in [0.2, 0.25) is 0 Å². The number of halogens is 2. The normalized spacial score (nSPS) is 21.3. The molecule has 0 aliphatic carbocycles. The Labute approximate surface area is 262 Å². The largest absolute Gasteiger partial charge is 0.497 e. The van der Waals surface area contributed by atoms with Gasteiger partial charge in [0, 0.05) is 30.2 Å². The minimum atomic E-state index is -0.209. The number of methoxy groups -OCH3 is 1. The fourth-order valence-electron chi connectivity index (χ4n) is 6.63. The van der Waals surface area contributed by atoms with Crippen molar-refractivity contribution < 1.29 is 14.3 Å². The van der Waals surface area contributed by atoms with Crippen LogP contribution in [0.5, 0.6) is 11.5 Å². The molecule has 42 heavy (non-hydrogen) atoms. The average Bonchev–Trinajstić information content (AvgIpc) is 3.67. The molecule has 3 heterocycles. The van der Waals surface area contributed by atoms with Crippen LogP contribution in [0, 0.1) is 0 Å². The van der Waals surface area contributed by atoms with Crippen molar-refractivity contribution in [3.8, 4) is 11.5 Å². The van der Waals surface area contributed by atoms with Gasteiger partial charge >= 0.3 is 6.03 Å². The van der Waals surface area contributed by atoms with E-state index >= 15 is 0 Å². The highest BCUT2D eigenvalue weighted by Crippen LogP contribution is 2.40. The van der Waals surface area contributed by atoms with Gasteiger partial charge < -0.3 is 19.3 Å². The Kier molecular flexibility index (Phi) is 11.8. The Morgan fingerprint density at radius 1 is 1.00 bits per heavy atom. The number of rotatable bonds is 10. The Morgan fingerprint density at radius 2 is 1.71 bits per heavy atom. The van der Waals surface area contributed by atoms with Gasteiger partial charge in [-0.05, 0) is 81.9 Å². The molecule has 2 aromatic carbocycles. The van der Waals surface area contributed by atoms with Crippen LogP contribution in [0.1, 0.15) is 82.4 Å². The molecule has 2 atom stereocenters. The predicted octanol–water partition coefficient (Wildman–Crippen LogP) is 7.60. The minimum Gasteiger partial charge on any atom is -0.497 e. The van der Waals surface area contributed by atoms with Gasteiger partial charge in [-0.3, -0.25) is 9.89 Å². The first kappa shape index (κ1) is 32.4. The predicted molar refractivity (Wildman–Crippen MR) is 173 cm³/mol. The lowest BCUT2D eigenvalue weighted by Gasteiger charge is -2.40. The standard InChI is InChI=1S/C33H45ClN4O3.ClH/c1-4-6-7-10-29-31(24-11-13-25(34)14-12-24)38(32(35-29)28-16-15-27(40-3)23-30(28)41-5-2)33(39)37-21-17-26(18-22-37)36-19-8-9-20-36;/h11-16,23,26,29,31H,4-10,17-22H2,1-3H3;1H/t29-,31+;/m1./s1. The Hall–Kier alpha value is -2.48. The summed E-state index contributed by atoms with van der Waals surface area (Å²) in [6.07, 6.45) is 8.86. The molecule has 3 aliphatic rings. The topological polar surface area (TPSA) is 57.6 Å². The van der Waals surface area contributed by atoms with Crippen molar-refractivity contribution in [3.05, 3.63) is 58.6 Å². The molecule has 0 unspecified atom stereocenters. The van der Waals surface area contributed by atoms with Crippen LogP contribution in [0.25, 0.3) is 0 Å². The SMILES string of the molecule is CCCCC[C@H]1N=C(c2ccc(OC)cc2OCC)N(C(=O)N2CCC(N3CCCC3)CC2)[C@H]1c1ccc(Cl)cc1.Cl. The van der Waals surface area contributed by atoms with Crippen LogP contribution in [0.2, 0.25) is 5.02 Å². The van der Waals surface area contributed by atoms with E-state index in [4.69, 9.17) is 26.1 Å². The molecule has 0 spiro atoms. The lowest BCUT2D eigenvalue weighted by Crippen LogP contribution is -2.52. The van der Waals surface area contributed by atoms with Gasteiger partial charge in [-0.15, -0.1) is 12.4 Å². The number of amidine groups is 1. The average molecular weight is 618 g/mol. The van der Waals surface area contributed by atoms with Gasteiger partial charge in [-0.25, -0.2) is 4.79 Å². The van der Waals surface area contributed by atoms with Crippen LogP contribution in [0.3, 0.4) is 0 Å². The molecule has 0 bridgehead atoms. The highest BCUT2D eigenvalue weighted by Gasteiger charge is 2.44. The number of nitrogens with zero attached hydrogens (tertiary/aromatic N) is 4. The van der Waals surface area contributed by atoms with Crippen molar-refractivity contribution in [3.63, 3.8) is 0 Å². The fraction of sp³-hybridized carbons (Fsp3) is 0.576. The molecule has 2 aromatic rings. The number of urea groups is 1. The van der Waals surface area contributed by atoms with Gasteiger partial charge in [0.1, 0.15) is 17.3 Å². The maximum absolute atomic E-state index is 14.6. The van der Waals surface area contributed by atoms with E-state index in [1.165, 1.54) is 25.9 Å². The van der Waals surface area contributed by atoms with E-state index in [0.717, 1.165) is 62.7 Å². The first-order valence-corrected chi connectivity index (χ1v) is 15.9. The van der Waals surface area contributed by atoms with E-state index in [2.05, 4.69) is 24.0 Å². The number of likely N-dealkylation sites (tertiary alicyclic amines) is 2. The van der Waals surface area contributed by atoms with Crippen molar-refractivity contribution in [2.45, 2.75) is 83.3 Å². The van der Waals surface area contributed by atoms with Crippen LogP contribution in [-0.2, 0) is 0 Å². The first-order chi connectivity index (χ1) is 20.0. The molecular formula is C33H46Cl2N4O3. The van der Waals surface area contributed by atoms with E-state index in [-0.39, 0.29) is 30.5 Å². The molecule has 0 aromatic heterocycles. The minimum absolute atomic E-state index is 0. The lowest BCUT2D eigenvalue weighted by atomic mass is 9.95. The highest BCUT2D eigenvalue weighted by atomic mass is 35.5. The van der Waals surface area contributed by atoms with Gasteiger partial charge in [0.15, 0.2) is 0 Å². The molecule has 0 radical (unpaired) electrons. The van der Waals surface area contributed by atoms with Crippen molar-refractivity contribution >= 4 is 35.9 Å². The molecule has 2 amide bonds. The Morgan fingerprint density at radius 3 is 2.36 bits per heavy atom. The molecule has 2 saturated heterocycles. The lowest BCUT2D eigenvalue weighted by molar-refractivity contribution is 0.117. The zero-order valence-corrected chi connectivity index (χ0v) is 26.8. The summed E-state index contributed by atoms with van der Waals surface area (Å²) >= 11 is 6.30. The molecule has 0 saturated carbocycles. The van der Waals surface area contributed by atoms with Crippen LogP contribution in [0.15, 0.2) is 47.5 Å². The van der Waals surface area contributed by atoms with Gasteiger partial charge in [-0.1, -0.05) is 49.9 Å². The quantitative estimate of drug-likeness (QED) is 0.258. The molecule has 0 N–H and O–H groups in total. The number of carbonyl (C=O) groups is 1. The van der Waals surface area contributed by atoms with Crippen LogP contribution in [0.4, 0.5) is 4.79 Å². The van der Waals surface area contributed by atoms with Gasteiger partial charge in [0.05, 0.1) is 31.4 Å². The zero-order valence-electron chi connectivity index (χ0n) is 25.3. The fourth-order valence-corrected chi connectivity index (χ4v) is 6.76. The van der Waals surface area contributed by atoms with E-state index in [1.807, 2.05) is 47.1 Å². The summed E-state index contributed by atoms with van der Waals surface area (Å²) in [6.45, 7) is 8.60. The number of unbranched alkanes of at least 4 members (excludes halogenated alkanes) is 2. The smallest absolute Gasteiger partial charge is 0.326 e. The highest BCUT2D eigenvalue weighted by molar-refractivity contribution is 6.30. The summed E-state index contributed by atoms with van der Waals surface area (Å²) < 4.78 is 11.6. The first-order valence-electron chi connectivity index (χ1n) is 15.5. The third-order valence-corrected chi connectivity index (χ3v) is 9.05. The summed E-state index contributed by atoms with van der Waals surface area (Å²) in [4.78, 5) is 26.5. The molecule has 9 heteroatoms. The maximum Gasteiger partial charge on any atom is 0.326 e. The Bertz CT molecular complexity index is 1190. The zero-order chi connectivity index (χ0) is 28.8. The summed E-state index contributed by atoms with van der Waals surface area (Å²) in [7, 11) is 1.65. The molecular weight excluding hydrogens is 571 g/mol. The summed E-state index contributed by atoms with van der Waals surface area (Å²) in [5, 5.41) is 0.686. The molecule has 2 fully saturated rings. The van der Waals surface area contributed by atoms with Gasteiger partial charge in [0.25, 0.3) is 0 Å².